The molecule has 3 N–H and O–H groups in total. The number of anilines is 2. The average molecular weight is 296 g/mol. The molecular formula is C14H24N2O3Si. The first-order valence-electron chi connectivity index (χ1n) is 6.55. The smallest absolute Gasteiger partial charge is 0.412 e. The molecule has 0 heterocycles. The van der Waals surface area contributed by atoms with Gasteiger partial charge in [-0.3, -0.25) is 5.32 Å². The van der Waals surface area contributed by atoms with Gasteiger partial charge in [0.25, 0.3) is 0 Å². The summed E-state index contributed by atoms with van der Waals surface area (Å²) in [4.78, 5) is 11.7. The second-order valence-electron chi connectivity index (χ2n) is 6.59. The number of carbonyl (C=O) groups is 1. The zero-order valence-electron chi connectivity index (χ0n) is 13.0. The standard InChI is InChI=1S/C14H24N2O3Si/c1-14(2,3)18-13(17)16-10-7-8-12(11(15)9-10)19-20(4,5)6/h7-9H,15H2,1-6H3,(H,16,17). The van der Waals surface area contributed by atoms with Crippen LogP contribution in [0.2, 0.25) is 19.6 Å². The first-order chi connectivity index (χ1) is 8.96. The molecule has 1 aromatic rings. The lowest BCUT2D eigenvalue weighted by Gasteiger charge is -2.22. The highest BCUT2D eigenvalue weighted by molar-refractivity contribution is 6.70. The normalized spacial score (nSPS) is 11.9. The van der Waals surface area contributed by atoms with Crippen molar-refractivity contribution in [1.82, 2.24) is 0 Å². The summed E-state index contributed by atoms with van der Waals surface area (Å²) in [6.45, 7) is 11.7. The van der Waals surface area contributed by atoms with E-state index in [2.05, 4.69) is 25.0 Å². The molecule has 20 heavy (non-hydrogen) atoms. The van der Waals surface area contributed by atoms with E-state index in [0.29, 0.717) is 17.1 Å². The maximum absolute atomic E-state index is 11.7. The number of ether oxygens (including phenoxy) is 1. The fourth-order valence-electron chi connectivity index (χ4n) is 1.47. The van der Waals surface area contributed by atoms with Crippen molar-refractivity contribution < 1.29 is 14.0 Å². The Kier molecular flexibility index (Phi) is 4.70. The van der Waals surface area contributed by atoms with E-state index in [1.165, 1.54) is 0 Å². The molecule has 0 aliphatic carbocycles. The third-order valence-corrected chi connectivity index (χ3v) is 2.90. The van der Waals surface area contributed by atoms with Crippen molar-refractivity contribution in [2.45, 2.75) is 46.0 Å². The van der Waals surface area contributed by atoms with Gasteiger partial charge in [0.05, 0.1) is 5.69 Å². The Hall–Kier alpha value is -1.69. The Morgan fingerprint density at radius 3 is 2.30 bits per heavy atom. The first kappa shape index (κ1) is 16.4. The Bertz CT molecular complexity index is 490. The van der Waals surface area contributed by atoms with Crippen molar-refractivity contribution in [3.05, 3.63) is 18.2 Å². The molecule has 5 nitrogen and oxygen atoms in total. The molecule has 0 atom stereocenters. The third-order valence-electron chi connectivity index (χ3n) is 2.07. The van der Waals surface area contributed by atoms with Gasteiger partial charge in [0.2, 0.25) is 8.32 Å². The van der Waals surface area contributed by atoms with Gasteiger partial charge in [-0.15, -0.1) is 0 Å². The van der Waals surface area contributed by atoms with Gasteiger partial charge in [0.1, 0.15) is 11.4 Å². The number of hydrogen-bond acceptors (Lipinski definition) is 4. The number of amides is 1. The topological polar surface area (TPSA) is 73.6 Å². The first-order valence-corrected chi connectivity index (χ1v) is 9.96. The third kappa shape index (κ3) is 5.97. The fourth-order valence-corrected chi connectivity index (χ4v) is 2.32. The second-order valence-corrected chi connectivity index (χ2v) is 11.0. The summed E-state index contributed by atoms with van der Waals surface area (Å²) in [6.07, 6.45) is -0.504. The van der Waals surface area contributed by atoms with Crippen LogP contribution in [-0.2, 0) is 4.74 Å². The largest absolute Gasteiger partial charge is 0.543 e. The van der Waals surface area contributed by atoms with Gasteiger partial charge in [0, 0.05) is 5.69 Å². The van der Waals surface area contributed by atoms with Crippen LogP contribution in [-0.4, -0.2) is 20.0 Å². The van der Waals surface area contributed by atoms with Gasteiger partial charge in [-0.1, -0.05) is 0 Å². The van der Waals surface area contributed by atoms with E-state index >= 15 is 0 Å². The Morgan fingerprint density at radius 1 is 1.25 bits per heavy atom. The summed E-state index contributed by atoms with van der Waals surface area (Å²) in [5, 5.41) is 2.64. The van der Waals surface area contributed by atoms with Crippen LogP contribution in [0, 0.1) is 0 Å². The minimum absolute atomic E-state index is 0.501. The van der Waals surface area contributed by atoms with Gasteiger partial charge in [-0.2, -0.15) is 0 Å². The van der Waals surface area contributed by atoms with Gasteiger partial charge in [0.15, 0.2) is 0 Å². The van der Waals surface area contributed by atoms with Crippen LogP contribution in [0.3, 0.4) is 0 Å². The molecule has 112 valence electrons. The van der Waals surface area contributed by atoms with Crippen LogP contribution in [0.1, 0.15) is 20.8 Å². The molecule has 0 aliphatic rings. The highest BCUT2D eigenvalue weighted by Gasteiger charge is 2.19. The monoisotopic (exact) mass is 296 g/mol. The zero-order valence-corrected chi connectivity index (χ0v) is 14.0. The molecule has 0 aromatic heterocycles. The van der Waals surface area contributed by atoms with Gasteiger partial charge in [-0.25, -0.2) is 4.79 Å². The van der Waals surface area contributed by atoms with E-state index in [-0.39, 0.29) is 0 Å². The molecule has 0 saturated heterocycles. The molecule has 1 aromatic carbocycles. The number of nitrogens with two attached hydrogens (primary N) is 1. The molecule has 0 fully saturated rings. The van der Waals surface area contributed by atoms with Crippen molar-refractivity contribution in [3.63, 3.8) is 0 Å². The number of benzene rings is 1. The van der Waals surface area contributed by atoms with Crippen molar-refractivity contribution in [2.75, 3.05) is 11.1 Å². The molecule has 1 amide bonds. The maximum atomic E-state index is 11.7. The molecule has 0 radical (unpaired) electrons. The molecule has 6 heteroatoms. The Balaban J connectivity index is 2.75. The number of rotatable bonds is 3. The van der Waals surface area contributed by atoms with E-state index in [1.54, 1.807) is 18.2 Å². The Labute approximate surface area is 121 Å². The molecule has 0 unspecified atom stereocenters. The van der Waals surface area contributed by atoms with E-state index < -0.39 is 20.0 Å². The van der Waals surface area contributed by atoms with E-state index in [0.717, 1.165) is 0 Å². The van der Waals surface area contributed by atoms with E-state index in [1.807, 2.05) is 20.8 Å². The molecular weight excluding hydrogens is 272 g/mol. The minimum Gasteiger partial charge on any atom is -0.543 e. The lowest BCUT2D eigenvalue weighted by Crippen LogP contribution is -2.29. The van der Waals surface area contributed by atoms with Gasteiger partial charge < -0.3 is 14.9 Å². The molecule has 0 bridgehead atoms. The number of carbonyl (C=O) groups excluding carboxylic acids is 1. The van der Waals surface area contributed by atoms with Crippen LogP contribution in [0.4, 0.5) is 16.2 Å². The zero-order chi connectivity index (χ0) is 15.6. The van der Waals surface area contributed by atoms with Crippen LogP contribution in [0.15, 0.2) is 18.2 Å². The molecule has 0 aliphatic heterocycles. The van der Waals surface area contributed by atoms with Crippen LogP contribution in [0.5, 0.6) is 5.75 Å². The Morgan fingerprint density at radius 2 is 1.85 bits per heavy atom. The lowest BCUT2D eigenvalue weighted by atomic mass is 10.2. The second kappa shape index (κ2) is 5.74. The van der Waals surface area contributed by atoms with Crippen LogP contribution >= 0.6 is 0 Å². The average Bonchev–Trinajstić information content (AvgIpc) is 2.17. The van der Waals surface area contributed by atoms with Crippen molar-refractivity contribution in [2.24, 2.45) is 0 Å². The van der Waals surface area contributed by atoms with Crippen LogP contribution < -0.4 is 15.5 Å². The highest BCUT2D eigenvalue weighted by atomic mass is 28.4. The van der Waals surface area contributed by atoms with E-state index in [9.17, 15) is 4.79 Å². The fraction of sp³-hybridized carbons (Fsp3) is 0.500. The quantitative estimate of drug-likeness (QED) is 0.656. The summed E-state index contributed by atoms with van der Waals surface area (Å²) in [6, 6.07) is 5.18. The lowest BCUT2D eigenvalue weighted by molar-refractivity contribution is 0.0636. The molecule has 0 saturated carbocycles. The summed E-state index contributed by atoms with van der Waals surface area (Å²) >= 11 is 0. The SMILES string of the molecule is CC(C)(C)OC(=O)Nc1ccc(O[Si](C)(C)C)c(N)c1. The van der Waals surface area contributed by atoms with Crippen molar-refractivity contribution in [3.8, 4) is 5.75 Å². The van der Waals surface area contributed by atoms with Gasteiger partial charge in [-0.05, 0) is 58.6 Å². The van der Waals surface area contributed by atoms with E-state index in [4.69, 9.17) is 14.9 Å². The molecule has 0 spiro atoms. The number of hydrogen-bond donors (Lipinski definition) is 2. The summed E-state index contributed by atoms with van der Waals surface area (Å²) in [7, 11) is -1.70. The predicted molar refractivity (Wildman–Crippen MR) is 84.7 cm³/mol. The number of nitrogen functional groups attached to an aromatic ring is 1. The summed E-state index contributed by atoms with van der Waals surface area (Å²) in [5.41, 5.74) is 6.49. The minimum atomic E-state index is -1.70. The maximum Gasteiger partial charge on any atom is 0.412 e. The summed E-state index contributed by atoms with van der Waals surface area (Å²) < 4.78 is 11.0. The predicted octanol–water partition coefficient (Wildman–Crippen LogP) is 3.83. The number of nitrogens with one attached hydrogen (secondary N) is 1. The van der Waals surface area contributed by atoms with Crippen molar-refractivity contribution in [1.29, 1.82) is 0 Å². The highest BCUT2D eigenvalue weighted by Crippen LogP contribution is 2.27. The van der Waals surface area contributed by atoms with Gasteiger partial charge >= 0.3 is 6.09 Å². The van der Waals surface area contributed by atoms with Crippen LogP contribution in [0.25, 0.3) is 0 Å². The molecule has 1 rings (SSSR count). The van der Waals surface area contributed by atoms with Crippen molar-refractivity contribution >= 4 is 25.8 Å². The summed E-state index contributed by atoms with van der Waals surface area (Å²) in [5.74, 6) is 0.652.